The maximum atomic E-state index is 12.5. The van der Waals surface area contributed by atoms with E-state index in [1.165, 1.54) is 0 Å². The summed E-state index contributed by atoms with van der Waals surface area (Å²) < 4.78 is 24.9. The molecule has 0 aliphatic rings. The van der Waals surface area contributed by atoms with E-state index in [1.54, 1.807) is 52.0 Å². The highest BCUT2D eigenvalue weighted by atomic mass is 16.5. The third-order valence-electron chi connectivity index (χ3n) is 16.2. The first kappa shape index (κ1) is 65.0. The second kappa shape index (κ2) is 27.0. The predicted molar refractivity (Wildman–Crippen MR) is 338 cm³/mol. The minimum absolute atomic E-state index is 0.0772. The van der Waals surface area contributed by atoms with Crippen molar-refractivity contribution < 1.29 is 79.0 Å². The third-order valence-corrected chi connectivity index (χ3v) is 16.2. The molecule has 464 valence electrons. The molecule has 0 fully saturated rings. The van der Waals surface area contributed by atoms with Crippen LogP contribution < -0.4 is 18.9 Å². The molecule has 8 N–H and O–H groups in total. The van der Waals surface area contributed by atoms with E-state index in [-0.39, 0.29) is 53.8 Å². The Hall–Kier alpha value is -9.96. The first-order valence-corrected chi connectivity index (χ1v) is 29.1. The molecule has 0 radical (unpaired) electrons. The Balaban J connectivity index is 1.30. The molecule has 8 aromatic rings. The van der Waals surface area contributed by atoms with Gasteiger partial charge in [-0.3, -0.25) is 0 Å². The fourth-order valence-electron chi connectivity index (χ4n) is 12.3. The highest BCUT2D eigenvalue weighted by Gasteiger charge is 2.31. The minimum Gasteiger partial charge on any atom is -0.508 e. The molecule has 16 heteroatoms. The topological polar surface area (TPSA) is 267 Å². The van der Waals surface area contributed by atoms with E-state index in [1.807, 2.05) is 128 Å². The molecule has 0 aliphatic heterocycles. The van der Waals surface area contributed by atoms with Crippen LogP contribution in [0.1, 0.15) is 145 Å². The van der Waals surface area contributed by atoms with E-state index >= 15 is 0 Å². The lowest BCUT2D eigenvalue weighted by atomic mass is 9.78. The Morgan fingerprint density at radius 1 is 0.292 bits per heavy atom. The summed E-state index contributed by atoms with van der Waals surface area (Å²) in [4.78, 5) is 49.3. The number of ether oxygens (including phenoxy) is 4. The van der Waals surface area contributed by atoms with Crippen molar-refractivity contribution in [1.82, 2.24) is 0 Å². The monoisotopic (exact) mass is 1210 g/mol. The van der Waals surface area contributed by atoms with Crippen LogP contribution in [0.25, 0.3) is 0 Å². The van der Waals surface area contributed by atoms with E-state index in [4.69, 9.17) is 18.9 Å². The molecule has 0 amide bonds. The number of carbonyl (C=O) groups is 4. The minimum atomic E-state index is -1.23. The molecule has 0 saturated carbocycles. The smallest absolute Gasteiger partial charge is 0.341 e. The lowest BCUT2D eigenvalue weighted by Crippen LogP contribution is -2.16. The summed E-state index contributed by atoms with van der Waals surface area (Å²) >= 11 is 0. The average Bonchev–Trinajstić information content (AvgIpc) is 0.897. The number of aliphatic carboxylic acids is 4. The van der Waals surface area contributed by atoms with Crippen molar-refractivity contribution in [3.63, 3.8) is 0 Å². The van der Waals surface area contributed by atoms with Gasteiger partial charge in [-0.15, -0.1) is 0 Å². The molecule has 0 saturated heterocycles. The number of rotatable bonds is 24. The Morgan fingerprint density at radius 3 is 0.798 bits per heavy atom. The fraction of sp³-hybridized carbons (Fsp3) is 0.288. The van der Waals surface area contributed by atoms with Crippen molar-refractivity contribution in [1.29, 1.82) is 0 Å². The number of hydrogen-bond donors (Lipinski definition) is 8. The maximum absolute atomic E-state index is 12.5. The van der Waals surface area contributed by atoms with Gasteiger partial charge in [0.2, 0.25) is 0 Å². The van der Waals surface area contributed by atoms with Gasteiger partial charge in [-0.05, 0) is 219 Å². The number of aryl methyl sites for hydroxylation is 12. The van der Waals surface area contributed by atoms with Crippen LogP contribution in [0.2, 0.25) is 0 Å². The molecule has 8 aromatic carbocycles. The maximum Gasteiger partial charge on any atom is 0.341 e. The van der Waals surface area contributed by atoms with Crippen LogP contribution in [0.5, 0.6) is 46.0 Å². The predicted octanol–water partition coefficient (Wildman–Crippen LogP) is 13.2. The summed E-state index contributed by atoms with van der Waals surface area (Å²) in [6, 6.07) is 29.5. The first-order valence-electron chi connectivity index (χ1n) is 29.1. The Morgan fingerprint density at radius 2 is 0.539 bits per heavy atom. The van der Waals surface area contributed by atoms with Crippen LogP contribution in [-0.4, -0.2) is 91.2 Å². The van der Waals surface area contributed by atoms with Crippen molar-refractivity contribution in [2.24, 2.45) is 0 Å². The number of hydrogen-bond acceptors (Lipinski definition) is 12. The fourth-order valence-corrected chi connectivity index (χ4v) is 12.3. The zero-order chi connectivity index (χ0) is 65.0. The number of phenols is 4. The van der Waals surface area contributed by atoms with Gasteiger partial charge in [-0.1, -0.05) is 83.9 Å². The van der Waals surface area contributed by atoms with E-state index < -0.39 is 62.1 Å². The van der Waals surface area contributed by atoms with Crippen molar-refractivity contribution in [3.05, 3.63) is 231 Å². The molecule has 0 unspecified atom stereocenters. The van der Waals surface area contributed by atoms with Crippen molar-refractivity contribution in [2.75, 3.05) is 26.4 Å². The summed E-state index contributed by atoms with van der Waals surface area (Å²) in [7, 11) is 0. The highest BCUT2D eigenvalue weighted by molar-refractivity contribution is 5.71. The van der Waals surface area contributed by atoms with Gasteiger partial charge in [-0.25, -0.2) is 19.2 Å². The normalized spacial score (nSPS) is 11.3. The van der Waals surface area contributed by atoms with Gasteiger partial charge < -0.3 is 59.8 Å². The third kappa shape index (κ3) is 14.9. The van der Waals surface area contributed by atoms with E-state index in [9.17, 15) is 60.0 Å². The molecule has 0 spiro atoms. The van der Waals surface area contributed by atoms with Gasteiger partial charge >= 0.3 is 23.9 Å². The molecular weight excluding hydrogens is 1130 g/mol. The Bertz CT molecular complexity index is 3740. The van der Waals surface area contributed by atoms with Gasteiger partial charge in [0.05, 0.1) is 0 Å². The van der Waals surface area contributed by atoms with E-state index in [2.05, 4.69) is 0 Å². The SMILES string of the molecule is Cc1cc(Cc2cc(C)c(OCC(=O)O)c(C(c3cc(C)c(O)cc3C)c3cc(C)c(O)cc3C)c2)c(OCC(=O)O)c(Cc2cc(C)cc(Cc3cc(C)c(OCC(=O)O)c(C(c4cc(C)c(O)cc4C)c4cc(C)c(O)cc4C)c3)c2OCC(=O)O)c1. The zero-order valence-electron chi connectivity index (χ0n) is 52.2. The van der Waals surface area contributed by atoms with Crippen LogP contribution in [0, 0.1) is 83.1 Å². The molecule has 0 bridgehead atoms. The van der Waals surface area contributed by atoms with Crippen LogP contribution in [-0.2, 0) is 38.4 Å². The van der Waals surface area contributed by atoms with Gasteiger partial charge in [0.25, 0.3) is 0 Å². The Kier molecular flexibility index (Phi) is 19.7. The number of aromatic hydroxyl groups is 4. The molecule has 0 aliphatic carbocycles. The zero-order valence-corrected chi connectivity index (χ0v) is 52.2. The van der Waals surface area contributed by atoms with Crippen LogP contribution in [0.4, 0.5) is 0 Å². The highest BCUT2D eigenvalue weighted by Crippen LogP contribution is 2.48. The number of carboxylic acids is 4. The van der Waals surface area contributed by atoms with Crippen LogP contribution >= 0.6 is 0 Å². The second-order valence-electron chi connectivity index (χ2n) is 23.6. The van der Waals surface area contributed by atoms with Crippen LogP contribution in [0.15, 0.2) is 97.1 Å². The largest absolute Gasteiger partial charge is 0.508 e. The quantitative estimate of drug-likeness (QED) is 0.0261. The summed E-state index contributed by atoms with van der Waals surface area (Å²) in [5, 5.41) is 83.7. The molecule has 0 atom stereocenters. The lowest BCUT2D eigenvalue weighted by Gasteiger charge is -2.28. The van der Waals surface area contributed by atoms with Gasteiger partial charge in [0.15, 0.2) is 26.4 Å². The average molecular weight is 1210 g/mol. The summed E-state index contributed by atoms with van der Waals surface area (Å²) in [5.41, 5.74) is 16.4. The summed E-state index contributed by atoms with van der Waals surface area (Å²) in [5.74, 6) is -4.48. The van der Waals surface area contributed by atoms with Gasteiger partial charge in [0, 0.05) is 42.2 Å². The van der Waals surface area contributed by atoms with Gasteiger partial charge in [-0.2, -0.15) is 0 Å². The summed E-state index contributed by atoms with van der Waals surface area (Å²) in [6.45, 7) is 19.4. The van der Waals surface area contributed by atoms with Crippen molar-refractivity contribution in [2.45, 2.75) is 114 Å². The molecule has 8 rings (SSSR count). The van der Waals surface area contributed by atoms with Crippen LogP contribution in [0.3, 0.4) is 0 Å². The molecule has 0 heterocycles. The second-order valence-corrected chi connectivity index (χ2v) is 23.6. The van der Waals surface area contributed by atoms with Crippen molar-refractivity contribution >= 4 is 23.9 Å². The molecule has 16 nitrogen and oxygen atoms in total. The Labute approximate surface area is 517 Å². The molecule has 0 aromatic heterocycles. The molecular formula is C73H76O16. The van der Waals surface area contributed by atoms with Crippen molar-refractivity contribution in [3.8, 4) is 46.0 Å². The number of benzene rings is 8. The first-order chi connectivity index (χ1) is 42.0. The number of carboxylic acid groups (broad SMARTS) is 4. The van der Waals surface area contributed by atoms with E-state index in [0.29, 0.717) is 78.3 Å². The lowest BCUT2D eigenvalue weighted by molar-refractivity contribution is -0.140. The summed E-state index contributed by atoms with van der Waals surface area (Å²) in [6.07, 6.45) is 0.425. The van der Waals surface area contributed by atoms with E-state index in [0.717, 1.165) is 66.8 Å². The standard InChI is InChI=1S/C73H76O16/c1-36-13-50(27-48-17-46(11)70(86-32-64(78)79)58(29-48)68(54-19-42(7)60(74)23-38(54)3)55-20-43(8)61(75)24-39(55)4)72(88-34-66(82)83)52(15-36)31-53-16-37(2)14-51(73(53)89-35-67(84)85)28-49-18-47(12)71(87-33-65(80)81)59(30-49)69(56-21-44(9)62(76)25-40(56)5)57-22-45(10)63(77)26-41(57)6/h13-26,29-30,68-69,74-77H,27-28,31-35H2,1-12H3,(H,78,79)(H,80,81)(H,82,83)(H,84,85). The molecule has 89 heavy (non-hydrogen) atoms. The van der Waals surface area contributed by atoms with Gasteiger partial charge in [0.1, 0.15) is 46.0 Å². The number of phenolic OH excluding ortho intramolecular Hbond substituents is 4.